The first-order valence-electron chi connectivity index (χ1n) is 18.8. The maximum absolute atomic E-state index is 13.9. The van der Waals surface area contributed by atoms with Crippen LogP contribution in [-0.2, 0) is 19.1 Å². The Bertz CT molecular complexity index is 2280. The van der Waals surface area contributed by atoms with Gasteiger partial charge in [0.2, 0.25) is 0 Å². The second kappa shape index (κ2) is 18.4. The normalized spacial score (nSPS) is 15.3. The lowest BCUT2D eigenvalue weighted by Gasteiger charge is -2.28. The average molecular weight is 785 g/mol. The van der Waals surface area contributed by atoms with Gasteiger partial charge in [0, 0.05) is 30.1 Å². The molecule has 16 nitrogen and oxygen atoms in total. The Morgan fingerprint density at radius 2 is 1.36 bits per heavy atom. The minimum atomic E-state index is -0.889. The average Bonchev–Trinajstić information content (AvgIpc) is 4.08. The number of hydrogen-bond donors (Lipinski definition) is 5. The smallest absolute Gasteiger partial charge is 0.407 e. The molecule has 3 aromatic carbocycles. The molecule has 4 heterocycles. The molecule has 7 rings (SSSR count). The van der Waals surface area contributed by atoms with Gasteiger partial charge in [-0.15, -0.1) is 0 Å². The van der Waals surface area contributed by atoms with Crippen molar-refractivity contribution in [2.75, 3.05) is 27.4 Å². The highest BCUT2D eigenvalue weighted by Crippen LogP contribution is 2.34. The predicted octanol–water partition coefficient (Wildman–Crippen LogP) is 6.36. The maximum atomic E-state index is 13.9. The van der Waals surface area contributed by atoms with Crippen molar-refractivity contribution in [2.45, 2.75) is 43.9 Å². The van der Waals surface area contributed by atoms with Gasteiger partial charge >= 0.3 is 12.2 Å². The van der Waals surface area contributed by atoms with Crippen LogP contribution in [0.1, 0.15) is 66.7 Å². The molecule has 0 aliphatic carbocycles. The van der Waals surface area contributed by atoms with Crippen LogP contribution in [0.15, 0.2) is 110 Å². The van der Waals surface area contributed by atoms with E-state index < -0.39 is 24.3 Å². The fourth-order valence-corrected chi connectivity index (χ4v) is 6.78. The van der Waals surface area contributed by atoms with E-state index in [0.29, 0.717) is 29.6 Å². The molecule has 1 fully saturated rings. The number of aromatic amines is 2. The third-order valence-corrected chi connectivity index (χ3v) is 9.89. The molecule has 0 saturated carbocycles. The first-order chi connectivity index (χ1) is 28.3. The van der Waals surface area contributed by atoms with E-state index in [-0.39, 0.29) is 24.6 Å². The van der Waals surface area contributed by atoms with Crippen molar-refractivity contribution in [2.24, 2.45) is 0 Å². The van der Waals surface area contributed by atoms with Crippen LogP contribution in [0.25, 0.3) is 33.9 Å². The minimum Gasteiger partial charge on any atom is -0.453 e. The van der Waals surface area contributed by atoms with E-state index >= 15 is 0 Å². The number of imidazole rings is 2. The SMILES string of the molecule is COC(=O)N[C@@H](CON[C@@H](C)c1ncc(-c2cnc(-c3ccc(-c4cnc([C@@H]5CCCN5C(=O)[C@H](NC(=O)OC)c5ccccc5)[nH]4)cc3)nc2)[nH]1)c1ccccc1. The van der Waals surface area contributed by atoms with Crippen LogP contribution in [0, 0.1) is 0 Å². The van der Waals surface area contributed by atoms with Gasteiger partial charge in [0.15, 0.2) is 5.82 Å². The minimum absolute atomic E-state index is 0.159. The van der Waals surface area contributed by atoms with Gasteiger partial charge in [0.05, 0.1) is 62.7 Å². The molecular weight excluding hydrogens is 741 g/mol. The zero-order valence-electron chi connectivity index (χ0n) is 32.2. The van der Waals surface area contributed by atoms with Crippen LogP contribution in [0.5, 0.6) is 0 Å². The molecule has 0 radical (unpaired) electrons. The molecule has 0 unspecified atom stereocenters. The molecule has 6 aromatic rings. The third kappa shape index (κ3) is 9.20. The fraction of sp³-hybridized carbons (Fsp3) is 0.262. The first-order valence-corrected chi connectivity index (χ1v) is 18.8. The summed E-state index contributed by atoms with van der Waals surface area (Å²) >= 11 is 0. The van der Waals surface area contributed by atoms with Gasteiger partial charge < -0.3 is 35.0 Å². The Balaban J connectivity index is 0.959. The topological polar surface area (TPSA) is 201 Å². The predicted molar refractivity (Wildman–Crippen MR) is 213 cm³/mol. The number of H-pyrrole nitrogens is 2. The van der Waals surface area contributed by atoms with Crippen LogP contribution in [0.3, 0.4) is 0 Å². The Hall–Kier alpha value is -6.91. The maximum Gasteiger partial charge on any atom is 0.407 e. The second-order valence-corrected chi connectivity index (χ2v) is 13.7. The lowest BCUT2D eigenvalue weighted by molar-refractivity contribution is -0.134. The summed E-state index contributed by atoms with van der Waals surface area (Å²) in [5.74, 6) is 1.66. The summed E-state index contributed by atoms with van der Waals surface area (Å²) in [6, 6.07) is 24.6. The summed E-state index contributed by atoms with van der Waals surface area (Å²) in [6.07, 6.45) is 7.28. The van der Waals surface area contributed by atoms with Crippen molar-refractivity contribution < 1.29 is 28.7 Å². The highest BCUT2D eigenvalue weighted by Gasteiger charge is 2.37. The number of hydrogen-bond acceptors (Lipinski definition) is 11. The van der Waals surface area contributed by atoms with E-state index in [1.807, 2.05) is 91.9 Å². The van der Waals surface area contributed by atoms with Crippen molar-refractivity contribution in [3.63, 3.8) is 0 Å². The van der Waals surface area contributed by atoms with Gasteiger partial charge in [-0.3, -0.25) is 9.63 Å². The Morgan fingerprint density at radius 1 is 0.741 bits per heavy atom. The number of hydroxylamine groups is 1. The molecule has 58 heavy (non-hydrogen) atoms. The van der Waals surface area contributed by atoms with Gasteiger partial charge in [-0.25, -0.2) is 29.5 Å². The van der Waals surface area contributed by atoms with Crippen molar-refractivity contribution in [3.8, 4) is 33.9 Å². The second-order valence-electron chi connectivity index (χ2n) is 13.7. The van der Waals surface area contributed by atoms with E-state index in [0.717, 1.165) is 46.5 Å². The summed E-state index contributed by atoms with van der Waals surface area (Å²) in [7, 11) is 2.59. The largest absolute Gasteiger partial charge is 0.453 e. The zero-order valence-corrected chi connectivity index (χ0v) is 32.2. The van der Waals surface area contributed by atoms with Crippen molar-refractivity contribution in [3.05, 3.63) is 132 Å². The standard InChI is InChI=1S/C42H44N10O6/c1-26(51-58-25-34(49-41(54)56-2)27-11-6-4-7-12-27)37-45-24-33(47-37)31-21-43-38(44-22-31)30-18-16-28(17-19-30)32-23-46-39(48-32)35-15-10-20-52(35)40(53)36(50-42(55)57-3)29-13-8-5-9-14-29/h4-9,11-14,16-19,21-24,26,34-36,51H,10,15,20,25H2,1-3H3,(H,45,47)(H,46,48)(H,49,54)(H,50,55)/t26-,34-,35-,36+/m0/s1. The van der Waals surface area contributed by atoms with Crippen molar-refractivity contribution in [1.82, 2.24) is 50.9 Å². The highest BCUT2D eigenvalue weighted by molar-refractivity contribution is 5.87. The zero-order chi connectivity index (χ0) is 40.4. The molecule has 5 N–H and O–H groups in total. The summed E-state index contributed by atoms with van der Waals surface area (Å²) in [5.41, 5.74) is 8.60. The van der Waals surface area contributed by atoms with E-state index in [9.17, 15) is 14.4 Å². The molecular formula is C42H44N10O6. The van der Waals surface area contributed by atoms with E-state index in [1.165, 1.54) is 14.2 Å². The number of ether oxygens (including phenoxy) is 2. The molecule has 1 aliphatic rings. The van der Waals surface area contributed by atoms with E-state index in [1.54, 1.807) is 29.7 Å². The lowest BCUT2D eigenvalue weighted by atomic mass is 10.1. The number of benzene rings is 3. The summed E-state index contributed by atoms with van der Waals surface area (Å²) < 4.78 is 9.59. The number of methoxy groups -OCH3 is 2. The van der Waals surface area contributed by atoms with Crippen LogP contribution >= 0.6 is 0 Å². The number of carbonyl (C=O) groups excluding carboxylic acids is 3. The monoisotopic (exact) mass is 784 g/mol. The molecule has 1 aliphatic heterocycles. The number of carbonyl (C=O) groups is 3. The number of nitrogens with zero attached hydrogens (tertiary/aromatic N) is 5. The van der Waals surface area contributed by atoms with Gasteiger partial charge in [-0.2, -0.15) is 5.48 Å². The van der Waals surface area contributed by atoms with Crippen LogP contribution < -0.4 is 16.1 Å². The summed E-state index contributed by atoms with van der Waals surface area (Å²) in [4.78, 5) is 70.6. The number of alkyl carbamates (subject to hydrolysis) is 2. The molecule has 298 valence electrons. The first kappa shape index (κ1) is 39.3. The molecule has 0 spiro atoms. The molecule has 0 bridgehead atoms. The third-order valence-electron chi connectivity index (χ3n) is 9.89. The number of aromatic nitrogens is 6. The molecule has 3 amide bonds. The number of nitrogens with one attached hydrogen (secondary N) is 5. The molecule has 3 aromatic heterocycles. The lowest BCUT2D eigenvalue weighted by Crippen LogP contribution is -2.42. The number of rotatable bonds is 14. The molecule has 1 saturated heterocycles. The number of likely N-dealkylation sites (tertiary alicyclic amines) is 1. The number of amides is 3. The fourth-order valence-electron chi connectivity index (χ4n) is 6.78. The Morgan fingerprint density at radius 3 is 2.05 bits per heavy atom. The molecule has 16 heteroatoms. The van der Waals surface area contributed by atoms with Gasteiger partial charge in [0.1, 0.15) is 17.7 Å². The Labute approximate surface area is 334 Å². The van der Waals surface area contributed by atoms with Crippen LogP contribution in [0.4, 0.5) is 9.59 Å². The summed E-state index contributed by atoms with van der Waals surface area (Å²) in [6.45, 7) is 2.60. The van der Waals surface area contributed by atoms with Gasteiger partial charge in [-0.1, -0.05) is 84.9 Å². The van der Waals surface area contributed by atoms with Gasteiger partial charge in [0.25, 0.3) is 5.91 Å². The Kier molecular flexibility index (Phi) is 12.4. The van der Waals surface area contributed by atoms with E-state index in [2.05, 4.69) is 46.0 Å². The van der Waals surface area contributed by atoms with Crippen LogP contribution in [0.2, 0.25) is 0 Å². The van der Waals surface area contributed by atoms with Crippen LogP contribution in [-0.4, -0.2) is 80.3 Å². The summed E-state index contributed by atoms with van der Waals surface area (Å²) in [5, 5.41) is 5.49. The van der Waals surface area contributed by atoms with Gasteiger partial charge in [-0.05, 0) is 36.5 Å². The quantitative estimate of drug-likeness (QED) is 0.0770. The van der Waals surface area contributed by atoms with Crippen molar-refractivity contribution in [1.29, 1.82) is 0 Å². The highest BCUT2D eigenvalue weighted by atomic mass is 16.6. The van der Waals surface area contributed by atoms with Crippen molar-refractivity contribution >= 4 is 18.1 Å². The van der Waals surface area contributed by atoms with E-state index in [4.69, 9.17) is 14.3 Å². The molecule has 4 atom stereocenters.